The van der Waals surface area contributed by atoms with Gasteiger partial charge in [0.2, 0.25) is 0 Å². The zero-order valence-electron chi connectivity index (χ0n) is 26.3. The fourth-order valence-corrected chi connectivity index (χ4v) is 5.57. The molecule has 0 fully saturated rings. The van der Waals surface area contributed by atoms with Crippen LogP contribution < -0.4 is 0 Å². The zero-order valence-corrected chi connectivity index (χ0v) is 28.6. The number of nitrogens with zero attached hydrogens (tertiary/aromatic N) is 4. The van der Waals surface area contributed by atoms with E-state index in [-0.39, 0.29) is 37.6 Å². The van der Waals surface area contributed by atoms with Crippen LogP contribution in [0.5, 0.6) is 5.75 Å². The smallest absolute Gasteiger partial charge is 0.148 e. The van der Waals surface area contributed by atoms with Crippen LogP contribution in [-0.4, -0.2) is 19.6 Å². The Kier molecular flexibility index (Phi) is 8.58. The van der Waals surface area contributed by atoms with Crippen molar-refractivity contribution in [2.45, 2.75) is 52.4 Å². The molecule has 0 spiro atoms. The minimum atomic E-state index is -0.277. The fraction of sp³-hybridized carbons (Fsp3) is 0.205. The summed E-state index contributed by atoms with van der Waals surface area (Å²) >= 11 is 0. The summed E-state index contributed by atoms with van der Waals surface area (Å²) in [6, 6.07) is 35.7. The van der Waals surface area contributed by atoms with Gasteiger partial charge in [-0.1, -0.05) is 95.1 Å². The number of fused-ring (bicyclic) bond motifs is 1. The Balaban J connectivity index is 0.00000400. The number of para-hydroxylation sites is 2. The van der Waals surface area contributed by atoms with E-state index in [9.17, 15) is 10.4 Å². The summed E-state index contributed by atoms with van der Waals surface area (Å²) in [5, 5.41) is 21.3. The van der Waals surface area contributed by atoms with Gasteiger partial charge in [0.1, 0.15) is 11.6 Å². The van der Waals surface area contributed by atoms with Gasteiger partial charge in [-0.2, -0.15) is 5.26 Å². The predicted octanol–water partition coefficient (Wildman–Crippen LogP) is 9.39. The molecule has 5 nitrogen and oxygen atoms in total. The number of imidazole rings is 1. The van der Waals surface area contributed by atoms with Crippen molar-refractivity contribution in [3.63, 3.8) is 0 Å². The number of phenols is 1. The molecule has 0 amide bonds. The molecule has 0 saturated carbocycles. The number of aromatic nitrogens is 3. The van der Waals surface area contributed by atoms with E-state index in [1.165, 1.54) is 0 Å². The average molecular weight is 771 g/mol. The average Bonchev–Trinajstić information content (AvgIpc) is 3.40. The first-order valence-corrected chi connectivity index (χ1v) is 14.8. The van der Waals surface area contributed by atoms with E-state index in [0.717, 1.165) is 44.5 Å². The maximum atomic E-state index is 11.9. The van der Waals surface area contributed by atoms with Crippen LogP contribution in [0.15, 0.2) is 97.2 Å². The Morgan fingerprint density at radius 1 is 0.778 bits per heavy atom. The summed E-state index contributed by atoms with van der Waals surface area (Å²) in [7, 11) is 0. The first-order valence-electron chi connectivity index (χ1n) is 14.8. The monoisotopic (exact) mass is 770 g/mol. The minimum Gasteiger partial charge on any atom is -0.507 e. The first-order chi connectivity index (χ1) is 21.0. The maximum Gasteiger partial charge on any atom is 0.148 e. The standard InChI is InChI=1S/C39H35N4O.Pt/c1-38(2,3)28-22-31(36(44)32(23-28)39(4,5)6)37-42-35-30(16-11-17-34(35)43(37)29-14-8-7-9-15-29)26-12-10-13-27(21-26)33-20-25(24-40)18-19-41-33;/h7-20,22-23,44H,1-6H3;/q-1;. The van der Waals surface area contributed by atoms with E-state index in [2.05, 4.69) is 99.6 Å². The van der Waals surface area contributed by atoms with Crippen LogP contribution in [0.2, 0.25) is 0 Å². The van der Waals surface area contributed by atoms with Crippen LogP contribution in [0.3, 0.4) is 0 Å². The molecular weight excluding hydrogens is 736 g/mol. The van der Waals surface area contributed by atoms with Gasteiger partial charge in [-0.25, -0.2) is 4.98 Å². The van der Waals surface area contributed by atoms with Crippen LogP contribution >= 0.6 is 0 Å². The van der Waals surface area contributed by atoms with Crippen molar-refractivity contribution in [1.82, 2.24) is 14.5 Å². The molecule has 0 aliphatic carbocycles. The molecule has 6 heteroatoms. The maximum absolute atomic E-state index is 11.9. The van der Waals surface area contributed by atoms with Crippen LogP contribution in [0.25, 0.3) is 50.5 Å². The molecule has 2 heterocycles. The van der Waals surface area contributed by atoms with Crippen LogP contribution in [-0.2, 0) is 31.9 Å². The number of phenolic OH excluding ortho intramolecular Hbond substituents is 1. The van der Waals surface area contributed by atoms with Gasteiger partial charge in [-0.3, -0.25) is 9.55 Å². The Morgan fingerprint density at radius 3 is 2.18 bits per heavy atom. The second-order valence-corrected chi connectivity index (χ2v) is 13.2. The zero-order chi connectivity index (χ0) is 31.2. The normalized spacial score (nSPS) is 11.7. The van der Waals surface area contributed by atoms with E-state index >= 15 is 0 Å². The number of benzene rings is 4. The van der Waals surface area contributed by atoms with Gasteiger partial charge in [0.15, 0.2) is 0 Å². The third kappa shape index (κ3) is 6.08. The van der Waals surface area contributed by atoms with Gasteiger partial charge in [0.25, 0.3) is 0 Å². The molecule has 6 aromatic rings. The largest absolute Gasteiger partial charge is 0.507 e. The van der Waals surface area contributed by atoms with Gasteiger partial charge in [-0.15, -0.1) is 29.8 Å². The van der Waals surface area contributed by atoms with Crippen LogP contribution in [0.1, 0.15) is 58.2 Å². The SMILES string of the molecule is CC(C)(C)c1cc(-c2nc3c(-c4[c-]c(-c5cc(C#N)ccn5)ccc4)cccc3n2-c2ccccc2)c(O)c(C(C)(C)C)c1.[Pt]. The molecular formula is C39H35N4OPt-. The second kappa shape index (κ2) is 12.1. The third-order valence-corrected chi connectivity index (χ3v) is 7.97. The summed E-state index contributed by atoms with van der Waals surface area (Å²) in [6.45, 7) is 13.0. The molecule has 45 heavy (non-hydrogen) atoms. The van der Waals surface area contributed by atoms with Gasteiger partial charge >= 0.3 is 0 Å². The fourth-order valence-electron chi connectivity index (χ4n) is 5.57. The van der Waals surface area contributed by atoms with Crippen molar-refractivity contribution in [2.75, 3.05) is 0 Å². The van der Waals surface area contributed by atoms with Gasteiger partial charge in [0, 0.05) is 49.8 Å². The molecule has 0 aliphatic heterocycles. The van der Waals surface area contributed by atoms with Crippen LogP contribution in [0, 0.1) is 17.4 Å². The van der Waals surface area contributed by atoms with Crippen molar-refractivity contribution in [1.29, 1.82) is 5.26 Å². The number of nitriles is 1. The van der Waals surface area contributed by atoms with Gasteiger partial charge in [-0.05, 0) is 46.7 Å². The minimum absolute atomic E-state index is 0. The Morgan fingerprint density at radius 2 is 1.49 bits per heavy atom. The van der Waals surface area contributed by atoms with Gasteiger partial charge in [0.05, 0.1) is 22.7 Å². The van der Waals surface area contributed by atoms with Crippen LogP contribution in [0.4, 0.5) is 0 Å². The van der Waals surface area contributed by atoms with Crippen molar-refractivity contribution < 1.29 is 26.2 Å². The first kappa shape index (κ1) is 31.9. The Bertz CT molecular complexity index is 2060. The molecule has 0 radical (unpaired) electrons. The Hall–Kier alpha value is -4.52. The number of pyridine rings is 1. The summed E-state index contributed by atoms with van der Waals surface area (Å²) in [4.78, 5) is 9.78. The van der Waals surface area contributed by atoms with Crippen molar-refractivity contribution in [2.24, 2.45) is 0 Å². The van der Waals surface area contributed by atoms with Crippen molar-refractivity contribution in [3.05, 3.63) is 120 Å². The number of rotatable bonds is 4. The number of aromatic hydroxyl groups is 1. The summed E-state index contributed by atoms with van der Waals surface area (Å²) < 4.78 is 2.13. The molecule has 0 aliphatic rings. The van der Waals surface area contributed by atoms with Crippen molar-refractivity contribution >= 4 is 11.0 Å². The molecule has 0 unspecified atom stereocenters. The molecule has 1 N–H and O–H groups in total. The molecule has 2 aromatic heterocycles. The predicted molar refractivity (Wildman–Crippen MR) is 178 cm³/mol. The molecule has 0 saturated heterocycles. The summed E-state index contributed by atoms with van der Waals surface area (Å²) in [6.07, 6.45) is 1.65. The topological polar surface area (TPSA) is 74.7 Å². The van der Waals surface area contributed by atoms with E-state index in [0.29, 0.717) is 22.6 Å². The number of hydrogen-bond donors (Lipinski definition) is 1. The van der Waals surface area contributed by atoms with E-state index in [1.54, 1.807) is 18.3 Å². The summed E-state index contributed by atoms with van der Waals surface area (Å²) in [5.74, 6) is 0.920. The van der Waals surface area contributed by atoms with E-state index in [1.807, 2.05) is 42.5 Å². The molecule has 0 atom stereocenters. The quantitative estimate of drug-likeness (QED) is 0.182. The molecule has 228 valence electrons. The molecule has 6 rings (SSSR count). The summed E-state index contributed by atoms with van der Waals surface area (Å²) in [5.41, 5.74) is 8.80. The third-order valence-electron chi connectivity index (χ3n) is 7.97. The second-order valence-electron chi connectivity index (χ2n) is 13.2. The van der Waals surface area contributed by atoms with Gasteiger partial charge < -0.3 is 5.11 Å². The molecule has 0 bridgehead atoms. The van der Waals surface area contributed by atoms with E-state index in [4.69, 9.17) is 4.98 Å². The Labute approximate surface area is 279 Å². The number of hydrogen-bond acceptors (Lipinski definition) is 4. The molecule has 4 aromatic carbocycles. The van der Waals surface area contributed by atoms with Crippen molar-refractivity contribution in [3.8, 4) is 51.3 Å². The van der Waals surface area contributed by atoms with E-state index < -0.39 is 0 Å².